The first-order chi connectivity index (χ1) is 9.08. The van der Waals surface area contributed by atoms with Gasteiger partial charge >= 0.3 is 0 Å². The molecule has 2 heterocycles. The highest BCUT2D eigenvalue weighted by molar-refractivity contribution is 5.01. The molecule has 0 radical (unpaired) electrons. The van der Waals surface area contributed by atoms with Gasteiger partial charge in [0.05, 0.1) is 0 Å². The summed E-state index contributed by atoms with van der Waals surface area (Å²) < 4.78 is 0. The Kier molecular flexibility index (Phi) is 3.89. The number of nitrogens with zero attached hydrogens (tertiary/aromatic N) is 2. The summed E-state index contributed by atoms with van der Waals surface area (Å²) in [6.45, 7) is 9.90. The largest absolute Gasteiger partial charge is 0.326 e. The summed E-state index contributed by atoms with van der Waals surface area (Å²) in [6, 6.07) is 1.83. The van der Waals surface area contributed by atoms with E-state index in [2.05, 4.69) is 23.6 Å². The van der Waals surface area contributed by atoms with Crippen molar-refractivity contribution in [2.45, 2.75) is 70.5 Å². The molecule has 1 aliphatic carbocycles. The Hall–Kier alpha value is -0.120. The Morgan fingerprint density at radius 2 is 1.68 bits per heavy atom. The molecule has 2 N–H and O–H groups in total. The van der Waals surface area contributed by atoms with E-state index in [-0.39, 0.29) is 0 Å². The molecular formula is C16H31N3. The summed E-state index contributed by atoms with van der Waals surface area (Å²) in [5.41, 5.74) is 6.85. The van der Waals surface area contributed by atoms with E-state index in [1.165, 1.54) is 64.7 Å². The number of likely N-dealkylation sites (tertiary alicyclic amines) is 2. The van der Waals surface area contributed by atoms with E-state index >= 15 is 0 Å². The van der Waals surface area contributed by atoms with E-state index in [0.29, 0.717) is 17.5 Å². The molecule has 0 aromatic rings. The fourth-order valence-corrected chi connectivity index (χ4v) is 4.45. The normalized spacial score (nSPS) is 40.9. The molecule has 3 rings (SSSR count). The van der Waals surface area contributed by atoms with Crippen LogP contribution >= 0.6 is 0 Å². The van der Waals surface area contributed by atoms with Gasteiger partial charge in [-0.05, 0) is 50.6 Å². The average Bonchev–Trinajstić information content (AvgIpc) is 2.98. The molecule has 0 bridgehead atoms. The molecule has 3 fully saturated rings. The van der Waals surface area contributed by atoms with Crippen molar-refractivity contribution in [1.29, 1.82) is 0 Å². The van der Waals surface area contributed by atoms with Crippen LogP contribution in [0.5, 0.6) is 0 Å². The lowest BCUT2D eigenvalue weighted by atomic mass is 9.87. The SMILES string of the molecule is CC1(C)CCC(N2CCC(N3CCCCC3)C2)C1N. The summed E-state index contributed by atoms with van der Waals surface area (Å²) in [5, 5.41) is 0. The van der Waals surface area contributed by atoms with Gasteiger partial charge in [0.25, 0.3) is 0 Å². The first kappa shape index (κ1) is 13.8. The quantitative estimate of drug-likeness (QED) is 0.829. The van der Waals surface area contributed by atoms with Crippen LogP contribution < -0.4 is 5.73 Å². The van der Waals surface area contributed by atoms with Crippen LogP contribution in [-0.4, -0.2) is 54.1 Å². The van der Waals surface area contributed by atoms with Gasteiger partial charge in [-0.15, -0.1) is 0 Å². The maximum absolute atomic E-state index is 6.51. The third kappa shape index (κ3) is 2.70. The number of nitrogens with two attached hydrogens (primary N) is 1. The Morgan fingerprint density at radius 3 is 2.32 bits per heavy atom. The molecule has 3 atom stereocenters. The summed E-state index contributed by atoms with van der Waals surface area (Å²) in [5.74, 6) is 0. The number of hydrogen-bond acceptors (Lipinski definition) is 3. The summed E-state index contributed by atoms with van der Waals surface area (Å²) in [6.07, 6.45) is 8.22. The van der Waals surface area contributed by atoms with Crippen molar-refractivity contribution in [3.8, 4) is 0 Å². The van der Waals surface area contributed by atoms with Gasteiger partial charge < -0.3 is 5.73 Å². The molecule has 0 amide bonds. The first-order valence-electron chi connectivity index (χ1n) is 8.31. The van der Waals surface area contributed by atoms with E-state index in [9.17, 15) is 0 Å². The van der Waals surface area contributed by atoms with Crippen LogP contribution in [0.15, 0.2) is 0 Å². The van der Waals surface area contributed by atoms with Gasteiger partial charge in [-0.3, -0.25) is 9.80 Å². The summed E-state index contributed by atoms with van der Waals surface area (Å²) in [4.78, 5) is 5.45. The Morgan fingerprint density at radius 1 is 0.947 bits per heavy atom. The predicted molar refractivity (Wildman–Crippen MR) is 80.2 cm³/mol. The molecule has 0 aromatic heterocycles. The standard InChI is InChI=1S/C16H31N3/c1-16(2)8-6-14(15(16)17)19-11-7-13(12-19)18-9-4-3-5-10-18/h13-15H,3-12,17H2,1-2H3. The fourth-order valence-electron chi connectivity index (χ4n) is 4.45. The van der Waals surface area contributed by atoms with E-state index < -0.39 is 0 Å². The molecule has 3 unspecified atom stereocenters. The van der Waals surface area contributed by atoms with Gasteiger partial charge in [-0.2, -0.15) is 0 Å². The van der Waals surface area contributed by atoms with Crippen molar-refractivity contribution in [2.24, 2.45) is 11.1 Å². The zero-order chi connectivity index (χ0) is 13.5. The van der Waals surface area contributed by atoms with Gasteiger partial charge in [0.2, 0.25) is 0 Å². The van der Waals surface area contributed by atoms with Crippen LogP contribution in [0.25, 0.3) is 0 Å². The molecule has 0 spiro atoms. The van der Waals surface area contributed by atoms with Crippen molar-refractivity contribution in [1.82, 2.24) is 9.80 Å². The highest BCUT2D eigenvalue weighted by Gasteiger charge is 2.44. The summed E-state index contributed by atoms with van der Waals surface area (Å²) in [7, 11) is 0. The van der Waals surface area contributed by atoms with Crippen molar-refractivity contribution < 1.29 is 0 Å². The Labute approximate surface area is 118 Å². The highest BCUT2D eigenvalue weighted by Crippen LogP contribution is 2.39. The minimum atomic E-state index is 0.341. The highest BCUT2D eigenvalue weighted by atomic mass is 15.3. The third-order valence-corrected chi connectivity index (χ3v) is 5.97. The molecule has 110 valence electrons. The lowest BCUT2D eigenvalue weighted by molar-refractivity contribution is 0.143. The van der Waals surface area contributed by atoms with Gasteiger partial charge in [0.1, 0.15) is 0 Å². The predicted octanol–water partition coefficient (Wildman–Crippen LogP) is 2.06. The molecule has 0 aromatic carbocycles. The molecule has 2 aliphatic heterocycles. The first-order valence-corrected chi connectivity index (χ1v) is 8.31. The van der Waals surface area contributed by atoms with Gasteiger partial charge in [-0.1, -0.05) is 20.3 Å². The van der Waals surface area contributed by atoms with Crippen LogP contribution in [0.2, 0.25) is 0 Å². The minimum Gasteiger partial charge on any atom is -0.326 e. The van der Waals surface area contributed by atoms with Gasteiger partial charge in [-0.25, -0.2) is 0 Å². The molecule has 3 heteroatoms. The van der Waals surface area contributed by atoms with Crippen LogP contribution in [-0.2, 0) is 0 Å². The maximum atomic E-state index is 6.51. The minimum absolute atomic E-state index is 0.341. The van der Waals surface area contributed by atoms with Crippen LogP contribution in [0.3, 0.4) is 0 Å². The Balaban J connectivity index is 1.57. The molecule has 3 aliphatic rings. The van der Waals surface area contributed by atoms with E-state index in [1.54, 1.807) is 0 Å². The zero-order valence-electron chi connectivity index (χ0n) is 12.8. The smallest absolute Gasteiger partial charge is 0.0253 e. The zero-order valence-corrected chi connectivity index (χ0v) is 12.8. The monoisotopic (exact) mass is 265 g/mol. The average molecular weight is 265 g/mol. The van der Waals surface area contributed by atoms with Crippen molar-refractivity contribution >= 4 is 0 Å². The molecule has 1 saturated carbocycles. The van der Waals surface area contributed by atoms with E-state index in [0.717, 1.165) is 6.04 Å². The molecule has 19 heavy (non-hydrogen) atoms. The number of piperidine rings is 1. The second kappa shape index (κ2) is 5.34. The van der Waals surface area contributed by atoms with Crippen molar-refractivity contribution in [2.75, 3.05) is 26.2 Å². The number of rotatable bonds is 2. The lowest BCUT2D eigenvalue weighted by Crippen LogP contribution is -2.49. The molecular weight excluding hydrogens is 234 g/mol. The third-order valence-electron chi connectivity index (χ3n) is 5.97. The molecule has 3 nitrogen and oxygen atoms in total. The second-order valence-corrected chi connectivity index (χ2v) is 7.65. The lowest BCUT2D eigenvalue weighted by Gasteiger charge is -2.35. The molecule has 2 saturated heterocycles. The van der Waals surface area contributed by atoms with Crippen LogP contribution in [0.4, 0.5) is 0 Å². The van der Waals surface area contributed by atoms with Crippen LogP contribution in [0.1, 0.15) is 52.4 Å². The maximum Gasteiger partial charge on any atom is 0.0253 e. The van der Waals surface area contributed by atoms with Crippen molar-refractivity contribution in [3.63, 3.8) is 0 Å². The van der Waals surface area contributed by atoms with Crippen LogP contribution in [0, 0.1) is 5.41 Å². The van der Waals surface area contributed by atoms with Crippen molar-refractivity contribution in [3.05, 3.63) is 0 Å². The van der Waals surface area contributed by atoms with E-state index in [1.807, 2.05) is 0 Å². The second-order valence-electron chi connectivity index (χ2n) is 7.65. The topological polar surface area (TPSA) is 32.5 Å². The summed E-state index contributed by atoms with van der Waals surface area (Å²) >= 11 is 0. The van der Waals surface area contributed by atoms with E-state index in [4.69, 9.17) is 5.73 Å². The van der Waals surface area contributed by atoms with Gasteiger partial charge in [0, 0.05) is 31.2 Å². The number of hydrogen-bond donors (Lipinski definition) is 1. The fraction of sp³-hybridized carbons (Fsp3) is 1.00. The Bertz CT molecular complexity index is 309. The van der Waals surface area contributed by atoms with Gasteiger partial charge in [0.15, 0.2) is 0 Å².